The second-order valence-electron chi connectivity index (χ2n) is 3.35. The van der Waals surface area contributed by atoms with Crippen molar-refractivity contribution in [3.05, 3.63) is 0 Å². The van der Waals surface area contributed by atoms with Crippen LogP contribution in [0.5, 0.6) is 0 Å². The topological polar surface area (TPSA) is 66.4 Å². The molecule has 0 rings (SSSR count). The summed E-state index contributed by atoms with van der Waals surface area (Å²) in [5.41, 5.74) is 0. The number of carbonyl (C=O) groups is 2. The summed E-state index contributed by atoms with van der Waals surface area (Å²) in [5.74, 6) is -1.11. The molecular weight excluding hydrogens is 182 g/mol. The number of amides is 1. The molecule has 0 bridgehead atoms. The maximum Gasteiger partial charge on any atom is 0.326 e. The van der Waals surface area contributed by atoms with E-state index < -0.39 is 12.0 Å². The Bertz CT molecular complexity index is 192. The summed E-state index contributed by atoms with van der Waals surface area (Å²) in [6.07, 6.45) is 3.42. The van der Waals surface area contributed by atoms with Crippen molar-refractivity contribution in [3.63, 3.8) is 0 Å². The summed E-state index contributed by atoms with van der Waals surface area (Å²) >= 11 is 0. The molecule has 1 amide bonds. The molecule has 0 aromatic carbocycles. The highest BCUT2D eigenvalue weighted by Gasteiger charge is 2.17. The van der Waals surface area contributed by atoms with Gasteiger partial charge in [0.1, 0.15) is 6.04 Å². The summed E-state index contributed by atoms with van der Waals surface area (Å²) in [7, 11) is 0. The van der Waals surface area contributed by atoms with E-state index in [-0.39, 0.29) is 5.91 Å². The molecule has 0 spiro atoms. The largest absolute Gasteiger partial charge is 0.480 e. The van der Waals surface area contributed by atoms with Crippen molar-refractivity contribution >= 4 is 11.9 Å². The molecule has 0 aromatic heterocycles. The lowest BCUT2D eigenvalue weighted by Gasteiger charge is -2.12. The van der Waals surface area contributed by atoms with E-state index in [1.165, 1.54) is 0 Å². The average Bonchev–Trinajstić information content (AvgIpc) is 2.14. The maximum atomic E-state index is 11.2. The smallest absolute Gasteiger partial charge is 0.326 e. The van der Waals surface area contributed by atoms with Crippen molar-refractivity contribution in [2.45, 2.75) is 52.0 Å². The van der Waals surface area contributed by atoms with Crippen molar-refractivity contribution in [1.82, 2.24) is 5.32 Å². The van der Waals surface area contributed by atoms with Crippen LogP contribution in [0.1, 0.15) is 46.0 Å². The Morgan fingerprint density at radius 1 is 1.29 bits per heavy atom. The molecule has 82 valence electrons. The van der Waals surface area contributed by atoms with Gasteiger partial charge in [0.15, 0.2) is 0 Å². The van der Waals surface area contributed by atoms with Gasteiger partial charge in [-0.3, -0.25) is 4.79 Å². The van der Waals surface area contributed by atoms with Crippen LogP contribution in [0.15, 0.2) is 0 Å². The number of hydrogen-bond donors (Lipinski definition) is 2. The van der Waals surface area contributed by atoms with Crippen LogP contribution in [0.2, 0.25) is 0 Å². The van der Waals surface area contributed by atoms with Crippen molar-refractivity contribution < 1.29 is 14.7 Å². The fourth-order valence-electron chi connectivity index (χ4n) is 1.15. The van der Waals surface area contributed by atoms with Crippen LogP contribution >= 0.6 is 0 Å². The summed E-state index contributed by atoms with van der Waals surface area (Å²) in [6.45, 7) is 3.89. The Hall–Kier alpha value is -1.06. The zero-order chi connectivity index (χ0) is 11.0. The van der Waals surface area contributed by atoms with E-state index in [0.29, 0.717) is 12.8 Å². The number of carboxylic acid groups (broad SMARTS) is 1. The Morgan fingerprint density at radius 2 is 1.93 bits per heavy atom. The first kappa shape index (κ1) is 12.9. The maximum absolute atomic E-state index is 11.2. The highest BCUT2D eigenvalue weighted by atomic mass is 16.4. The molecule has 0 heterocycles. The zero-order valence-electron chi connectivity index (χ0n) is 8.88. The molecule has 0 aliphatic heterocycles. The first-order chi connectivity index (χ1) is 6.61. The van der Waals surface area contributed by atoms with E-state index in [0.717, 1.165) is 19.3 Å². The van der Waals surface area contributed by atoms with E-state index in [2.05, 4.69) is 5.32 Å². The number of aliphatic carboxylic acids is 1. The van der Waals surface area contributed by atoms with Crippen LogP contribution in [0.3, 0.4) is 0 Å². The molecule has 0 unspecified atom stereocenters. The van der Waals surface area contributed by atoms with Crippen LogP contribution in [-0.2, 0) is 9.59 Å². The fraction of sp³-hybridized carbons (Fsp3) is 0.800. The van der Waals surface area contributed by atoms with Gasteiger partial charge >= 0.3 is 5.97 Å². The van der Waals surface area contributed by atoms with Gasteiger partial charge < -0.3 is 10.4 Å². The van der Waals surface area contributed by atoms with Gasteiger partial charge in [-0.2, -0.15) is 0 Å². The minimum Gasteiger partial charge on any atom is -0.480 e. The molecule has 0 aromatic rings. The first-order valence-electron chi connectivity index (χ1n) is 5.14. The Balaban J connectivity index is 3.90. The normalized spacial score (nSPS) is 12.1. The highest BCUT2D eigenvalue weighted by Crippen LogP contribution is 1.99. The zero-order valence-corrected chi connectivity index (χ0v) is 8.88. The van der Waals surface area contributed by atoms with Gasteiger partial charge in [0.2, 0.25) is 5.91 Å². The molecule has 0 aliphatic carbocycles. The van der Waals surface area contributed by atoms with Gasteiger partial charge in [-0.15, -0.1) is 0 Å². The van der Waals surface area contributed by atoms with E-state index in [1.54, 1.807) is 0 Å². The van der Waals surface area contributed by atoms with Crippen molar-refractivity contribution in [2.75, 3.05) is 0 Å². The minimum absolute atomic E-state index is 0.160. The molecule has 4 nitrogen and oxygen atoms in total. The third-order valence-corrected chi connectivity index (χ3v) is 1.97. The lowest BCUT2D eigenvalue weighted by molar-refractivity contribution is -0.142. The predicted octanol–water partition coefficient (Wildman–Crippen LogP) is 1.55. The third kappa shape index (κ3) is 5.56. The standard InChI is InChI=1S/C10H19NO3/c1-3-5-7-9(12)11-8(6-4-2)10(13)14/h8H,3-7H2,1-2H3,(H,11,12)(H,13,14)/t8-/m1/s1. The van der Waals surface area contributed by atoms with Gasteiger partial charge in [0, 0.05) is 6.42 Å². The van der Waals surface area contributed by atoms with E-state index in [9.17, 15) is 9.59 Å². The average molecular weight is 201 g/mol. The van der Waals surface area contributed by atoms with Crippen LogP contribution in [0, 0.1) is 0 Å². The Labute approximate surface area is 84.7 Å². The quantitative estimate of drug-likeness (QED) is 0.656. The molecule has 0 radical (unpaired) electrons. The first-order valence-corrected chi connectivity index (χ1v) is 5.14. The number of nitrogens with one attached hydrogen (secondary N) is 1. The van der Waals surface area contributed by atoms with E-state index in [4.69, 9.17) is 5.11 Å². The van der Waals surface area contributed by atoms with E-state index >= 15 is 0 Å². The number of hydrogen-bond acceptors (Lipinski definition) is 2. The summed E-state index contributed by atoms with van der Waals surface area (Å²) < 4.78 is 0. The molecule has 0 fully saturated rings. The molecule has 14 heavy (non-hydrogen) atoms. The Morgan fingerprint density at radius 3 is 2.36 bits per heavy atom. The second-order valence-corrected chi connectivity index (χ2v) is 3.35. The highest BCUT2D eigenvalue weighted by molar-refractivity contribution is 5.83. The molecular formula is C10H19NO3. The molecule has 0 saturated carbocycles. The SMILES string of the molecule is CCCCC(=O)N[C@H](CCC)C(=O)O. The van der Waals surface area contributed by atoms with Gasteiger partial charge in [-0.1, -0.05) is 26.7 Å². The van der Waals surface area contributed by atoms with Crippen LogP contribution in [0.4, 0.5) is 0 Å². The van der Waals surface area contributed by atoms with Gasteiger partial charge in [-0.05, 0) is 12.8 Å². The monoisotopic (exact) mass is 201 g/mol. The van der Waals surface area contributed by atoms with Gasteiger partial charge in [0.05, 0.1) is 0 Å². The van der Waals surface area contributed by atoms with Crippen molar-refractivity contribution in [2.24, 2.45) is 0 Å². The Kier molecular flexibility index (Phi) is 6.80. The van der Waals surface area contributed by atoms with Gasteiger partial charge in [0.25, 0.3) is 0 Å². The summed E-state index contributed by atoms with van der Waals surface area (Å²) in [4.78, 5) is 21.9. The number of unbranched alkanes of at least 4 members (excludes halogenated alkanes) is 1. The second kappa shape index (κ2) is 7.35. The van der Waals surface area contributed by atoms with Crippen molar-refractivity contribution in [3.8, 4) is 0 Å². The number of carbonyl (C=O) groups excluding carboxylic acids is 1. The molecule has 0 aliphatic rings. The summed E-state index contributed by atoms with van der Waals surface area (Å²) in [5, 5.41) is 11.3. The molecule has 2 N–H and O–H groups in total. The van der Waals surface area contributed by atoms with Crippen LogP contribution in [0.25, 0.3) is 0 Å². The number of carboxylic acids is 1. The van der Waals surface area contributed by atoms with Crippen LogP contribution in [-0.4, -0.2) is 23.0 Å². The lowest BCUT2D eigenvalue weighted by atomic mass is 10.1. The van der Waals surface area contributed by atoms with Gasteiger partial charge in [-0.25, -0.2) is 4.79 Å². The molecule has 0 saturated heterocycles. The lowest BCUT2D eigenvalue weighted by Crippen LogP contribution is -2.40. The third-order valence-electron chi connectivity index (χ3n) is 1.97. The predicted molar refractivity (Wildman–Crippen MR) is 54.0 cm³/mol. The minimum atomic E-state index is -0.948. The summed E-state index contributed by atoms with van der Waals surface area (Å²) in [6, 6.07) is -0.718. The molecule has 4 heteroatoms. The van der Waals surface area contributed by atoms with Crippen molar-refractivity contribution in [1.29, 1.82) is 0 Å². The molecule has 1 atom stereocenters. The number of rotatable bonds is 7. The van der Waals surface area contributed by atoms with Crippen LogP contribution < -0.4 is 5.32 Å². The fourth-order valence-corrected chi connectivity index (χ4v) is 1.15. The van der Waals surface area contributed by atoms with E-state index in [1.807, 2.05) is 13.8 Å².